The molecule has 0 aliphatic carbocycles. The second kappa shape index (κ2) is 5.30. The van der Waals surface area contributed by atoms with E-state index < -0.39 is 5.91 Å². The minimum atomic E-state index is -0.622. The fourth-order valence-corrected chi connectivity index (χ4v) is 1.52. The summed E-state index contributed by atoms with van der Waals surface area (Å²) in [5.74, 6) is 0.278. The number of pyridine rings is 1. The summed E-state index contributed by atoms with van der Waals surface area (Å²) in [6.07, 6.45) is 1.43. The van der Waals surface area contributed by atoms with Gasteiger partial charge in [-0.3, -0.25) is 14.6 Å². The predicted molar refractivity (Wildman–Crippen MR) is 69.3 cm³/mol. The van der Waals surface area contributed by atoms with Gasteiger partial charge in [0.05, 0.1) is 0 Å². The summed E-state index contributed by atoms with van der Waals surface area (Å²) < 4.78 is 5.56. The van der Waals surface area contributed by atoms with Gasteiger partial charge in [0.15, 0.2) is 5.78 Å². The van der Waals surface area contributed by atoms with Crippen LogP contribution in [-0.4, -0.2) is 16.7 Å². The monoisotopic (exact) mass is 256 g/mol. The van der Waals surface area contributed by atoms with Crippen LogP contribution in [0.3, 0.4) is 0 Å². The normalized spacial score (nSPS) is 9.95. The van der Waals surface area contributed by atoms with Crippen molar-refractivity contribution < 1.29 is 14.3 Å². The van der Waals surface area contributed by atoms with Gasteiger partial charge >= 0.3 is 0 Å². The zero-order valence-corrected chi connectivity index (χ0v) is 10.3. The Labute approximate surface area is 110 Å². The zero-order chi connectivity index (χ0) is 13.8. The van der Waals surface area contributed by atoms with Gasteiger partial charge in [0.2, 0.25) is 0 Å². The van der Waals surface area contributed by atoms with Crippen molar-refractivity contribution in [2.45, 2.75) is 6.92 Å². The molecule has 0 aliphatic heterocycles. The number of ether oxygens (including phenoxy) is 1. The molecule has 1 heterocycles. The fourth-order valence-electron chi connectivity index (χ4n) is 1.52. The largest absolute Gasteiger partial charge is 0.457 e. The number of ketones is 1. The quantitative estimate of drug-likeness (QED) is 0.850. The molecular formula is C14H12N2O3. The molecule has 2 aromatic rings. The molecule has 0 unspecified atom stereocenters. The van der Waals surface area contributed by atoms with Crippen molar-refractivity contribution in [3.63, 3.8) is 0 Å². The highest BCUT2D eigenvalue weighted by molar-refractivity contribution is 5.94. The Balaban J connectivity index is 2.26. The van der Waals surface area contributed by atoms with E-state index in [0.29, 0.717) is 17.1 Å². The lowest BCUT2D eigenvalue weighted by Crippen LogP contribution is -2.12. The highest BCUT2D eigenvalue weighted by Crippen LogP contribution is 2.22. The van der Waals surface area contributed by atoms with Crippen LogP contribution < -0.4 is 10.5 Å². The van der Waals surface area contributed by atoms with Crippen LogP contribution >= 0.6 is 0 Å². The third kappa shape index (κ3) is 3.16. The van der Waals surface area contributed by atoms with Gasteiger partial charge in [-0.2, -0.15) is 0 Å². The second-order valence-corrected chi connectivity index (χ2v) is 3.93. The third-order valence-electron chi connectivity index (χ3n) is 2.46. The molecule has 0 bridgehead atoms. The van der Waals surface area contributed by atoms with E-state index in [1.54, 1.807) is 30.3 Å². The Morgan fingerprint density at radius 2 is 1.89 bits per heavy atom. The van der Waals surface area contributed by atoms with Gasteiger partial charge in [0.25, 0.3) is 5.91 Å². The van der Waals surface area contributed by atoms with E-state index in [4.69, 9.17) is 10.5 Å². The smallest absolute Gasteiger partial charge is 0.267 e. The molecule has 0 aliphatic rings. The molecule has 0 fully saturated rings. The number of aromatic nitrogens is 1. The number of rotatable bonds is 4. The van der Waals surface area contributed by atoms with Crippen LogP contribution in [0.1, 0.15) is 27.8 Å². The molecule has 1 aromatic carbocycles. The molecule has 1 aromatic heterocycles. The number of benzene rings is 1. The number of amides is 1. The van der Waals surface area contributed by atoms with Crippen LogP contribution in [0.25, 0.3) is 0 Å². The summed E-state index contributed by atoms with van der Waals surface area (Å²) in [6, 6.07) is 9.83. The Bertz CT molecular complexity index is 583. The average Bonchev–Trinajstić information content (AvgIpc) is 2.39. The van der Waals surface area contributed by atoms with Crippen molar-refractivity contribution in [1.29, 1.82) is 0 Å². The summed E-state index contributed by atoms with van der Waals surface area (Å²) in [7, 11) is 0. The number of hydrogen-bond acceptors (Lipinski definition) is 4. The van der Waals surface area contributed by atoms with E-state index in [1.807, 2.05) is 0 Å². The maximum absolute atomic E-state index is 11.3. The van der Waals surface area contributed by atoms with Crippen molar-refractivity contribution in [3.05, 3.63) is 53.9 Å². The van der Waals surface area contributed by atoms with E-state index in [2.05, 4.69) is 4.98 Å². The second-order valence-electron chi connectivity index (χ2n) is 3.93. The molecule has 5 nitrogen and oxygen atoms in total. The summed E-state index contributed by atoms with van der Waals surface area (Å²) >= 11 is 0. The van der Waals surface area contributed by atoms with Crippen LogP contribution in [-0.2, 0) is 0 Å². The van der Waals surface area contributed by atoms with Crippen LogP contribution in [0.2, 0.25) is 0 Å². The molecule has 19 heavy (non-hydrogen) atoms. The minimum Gasteiger partial charge on any atom is -0.457 e. The van der Waals surface area contributed by atoms with Crippen molar-refractivity contribution in [2.24, 2.45) is 5.73 Å². The number of carbonyl (C=O) groups excluding carboxylic acids is 2. The van der Waals surface area contributed by atoms with Gasteiger partial charge in [-0.1, -0.05) is 12.1 Å². The van der Waals surface area contributed by atoms with E-state index >= 15 is 0 Å². The van der Waals surface area contributed by atoms with Gasteiger partial charge in [0.1, 0.15) is 17.2 Å². The first-order chi connectivity index (χ1) is 9.06. The first kappa shape index (κ1) is 12.8. The lowest BCUT2D eigenvalue weighted by Gasteiger charge is -2.07. The molecule has 0 radical (unpaired) electrons. The molecule has 2 N–H and O–H groups in total. The SMILES string of the molecule is CC(=O)c1cccc(Oc2ccnc(C(N)=O)c2)c1. The standard InChI is InChI=1S/C14H12N2O3/c1-9(17)10-3-2-4-11(7-10)19-12-5-6-16-13(8-12)14(15)18/h2-8H,1H3,(H2,15,18). The van der Waals surface area contributed by atoms with Crippen LogP contribution in [0.5, 0.6) is 11.5 Å². The number of nitrogens with two attached hydrogens (primary N) is 1. The average molecular weight is 256 g/mol. The molecule has 0 spiro atoms. The van der Waals surface area contributed by atoms with Crippen molar-refractivity contribution in [1.82, 2.24) is 4.98 Å². The molecule has 0 atom stereocenters. The molecule has 1 amide bonds. The minimum absolute atomic E-state index is 0.0435. The van der Waals surface area contributed by atoms with Crippen LogP contribution in [0, 0.1) is 0 Å². The van der Waals surface area contributed by atoms with Gasteiger partial charge in [0, 0.05) is 17.8 Å². The van der Waals surface area contributed by atoms with Gasteiger partial charge < -0.3 is 10.5 Å². The highest BCUT2D eigenvalue weighted by Gasteiger charge is 2.06. The lowest BCUT2D eigenvalue weighted by atomic mass is 10.1. The van der Waals surface area contributed by atoms with Crippen molar-refractivity contribution >= 4 is 11.7 Å². The van der Waals surface area contributed by atoms with Gasteiger partial charge in [-0.05, 0) is 25.1 Å². The highest BCUT2D eigenvalue weighted by atomic mass is 16.5. The number of carbonyl (C=O) groups is 2. The molecule has 0 saturated heterocycles. The molecule has 2 rings (SSSR count). The number of Topliss-reactive ketones (excluding diaryl/α,β-unsaturated/α-hetero) is 1. The topological polar surface area (TPSA) is 82.3 Å². The summed E-state index contributed by atoms with van der Waals surface area (Å²) in [4.78, 5) is 26.1. The van der Waals surface area contributed by atoms with Gasteiger partial charge in [-0.25, -0.2) is 0 Å². The van der Waals surface area contributed by atoms with Crippen LogP contribution in [0.15, 0.2) is 42.6 Å². The maximum atomic E-state index is 11.3. The van der Waals surface area contributed by atoms with E-state index in [-0.39, 0.29) is 11.5 Å². The summed E-state index contributed by atoms with van der Waals surface area (Å²) in [6.45, 7) is 1.48. The molecule has 96 valence electrons. The van der Waals surface area contributed by atoms with Crippen molar-refractivity contribution in [2.75, 3.05) is 0 Å². The zero-order valence-electron chi connectivity index (χ0n) is 10.3. The summed E-state index contributed by atoms with van der Waals surface area (Å²) in [5.41, 5.74) is 5.82. The van der Waals surface area contributed by atoms with E-state index in [9.17, 15) is 9.59 Å². The van der Waals surface area contributed by atoms with E-state index in [0.717, 1.165) is 0 Å². The molecule has 5 heteroatoms. The molecular weight excluding hydrogens is 244 g/mol. The number of primary amides is 1. The van der Waals surface area contributed by atoms with Crippen molar-refractivity contribution in [3.8, 4) is 11.5 Å². The Morgan fingerprint density at radius 1 is 1.16 bits per heavy atom. The maximum Gasteiger partial charge on any atom is 0.267 e. The third-order valence-corrected chi connectivity index (χ3v) is 2.46. The summed E-state index contributed by atoms with van der Waals surface area (Å²) in [5, 5.41) is 0. The van der Waals surface area contributed by atoms with Crippen LogP contribution in [0.4, 0.5) is 0 Å². The predicted octanol–water partition coefficient (Wildman–Crippen LogP) is 2.18. The first-order valence-corrected chi connectivity index (χ1v) is 5.61. The lowest BCUT2D eigenvalue weighted by molar-refractivity contribution is 0.0992. The Morgan fingerprint density at radius 3 is 2.58 bits per heavy atom. The Kier molecular flexibility index (Phi) is 3.56. The fraction of sp³-hybridized carbons (Fsp3) is 0.0714. The number of nitrogens with zero attached hydrogens (tertiary/aromatic N) is 1. The number of hydrogen-bond donors (Lipinski definition) is 1. The first-order valence-electron chi connectivity index (χ1n) is 5.61. The van der Waals surface area contributed by atoms with Gasteiger partial charge in [-0.15, -0.1) is 0 Å². The molecule has 0 saturated carbocycles. The Hall–Kier alpha value is -2.69. The van der Waals surface area contributed by atoms with E-state index in [1.165, 1.54) is 19.2 Å².